The van der Waals surface area contributed by atoms with Crippen LogP contribution in [0, 0.1) is 0 Å². The maximum Gasteiger partial charge on any atom is 0.233 e. The highest BCUT2D eigenvalue weighted by Crippen LogP contribution is 2.27. The van der Waals surface area contributed by atoms with Gasteiger partial charge in [0, 0.05) is 16.0 Å². The molecule has 21 heavy (non-hydrogen) atoms. The van der Waals surface area contributed by atoms with Crippen molar-refractivity contribution in [1.82, 2.24) is 10.2 Å². The monoisotopic (exact) mass is 326 g/mol. The lowest BCUT2D eigenvalue weighted by molar-refractivity contribution is -0.121. The smallest absolute Gasteiger partial charge is 0.233 e. The van der Waals surface area contributed by atoms with E-state index in [4.69, 9.17) is 11.6 Å². The largest absolute Gasteiger partial charge is 0.352 e. The average Bonchev–Trinajstić information content (AvgIpc) is 2.49. The van der Waals surface area contributed by atoms with Crippen molar-refractivity contribution in [2.24, 2.45) is 0 Å². The Balaban J connectivity index is 1.87. The first kappa shape index (κ1) is 16.7. The van der Waals surface area contributed by atoms with E-state index in [1.165, 1.54) is 0 Å². The summed E-state index contributed by atoms with van der Waals surface area (Å²) in [5.41, 5.74) is 0. The fourth-order valence-electron chi connectivity index (χ4n) is 2.45. The summed E-state index contributed by atoms with van der Waals surface area (Å²) in [4.78, 5) is 15.8. The minimum Gasteiger partial charge on any atom is -0.352 e. The number of halogens is 1. The molecule has 1 aromatic carbocycles. The molecule has 0 radical (unpaired) electrons. The summed E-state index contributed by atoms with van der Waals surface area (Å²) < 4.78 is 0. The molecule has 0 saturated carbocycles. The van der Waals surface area contributed by atoms with Crippen molar-refractivity contribution in [2.75, 3.05) is 20.1 Å². The lowest BCUT2D eigenvalue weighted by Crippen LogP contribution is -2.46. The maximum atomic E-state index is 12.4. The molecule has 1 heterocycles. The fraction of sp³-hybridized carbons (Fsp3) is 0.562. The molecule has 0 spiro atoms. The standard InChI is InChI=1S/C16H23ClN2OS/c1-3-15(21-14-6-4-12(17)5-7-14)16(20)18-13-8-10-19(2)11-9-13/h4-7,13,15H,3,8-11H2,1-2H3,(H,18,20)/t15-/m0/s1. The van der Waals surface area contributed by atoms with E-state index >= 15 is 0 Å². The number of amides is 1. The molecule has 3 nitrogen and oxygen atoms in total. The molecule has 1 aromatic rings. The Morgan fingerprint density at radius 2 is 2.00 bits per heavy atom. The van der Waals surface area contributed by atoms with E-state index in [0.717, 1.165) is 42.3 Å². The van der Waals surface area contributed by atoms with E-state index in [9.17, 15) is 4.79 Å². The van der Waals surface area contributed by atoms with Crippen molar-refractivity contribution in [1.29, 1.82) is 0 Å². The lowest BCUT2D eigenvalue weighted by atomic mass is 10.1. The first-order valence-corrected chi connectivity index (χ1v) is 8.75. The zero-order valence-electron chi connectivity index (χ0n) is 12.6. The van der Waals surface area contributed by atoms with Crippen molar-refractivity contribution in [3.05, 3.63) is 29.3 Å². The van der Waals surface area contributed by atoms with Gasteiger partial charge in [0.1, 0.15) is 0 Å². The second-order valence-electron chi connectivity index (χ2n) is 5.55. The van der Waals surface area contributed by atoms with Crippen LogP contribution in [0.5, 0.6) is 0 Å². The van der Waals surface area contributed by atoms with Crippen LogP contribution in [0.4, 0.5) is 0 Å². The Bertz CT molecular complexity index is 458. The highest BCUT2D eigenvalue weighted by atomic mass is 35.5. The normalized spacial score (nSPS) is 18.4. The van der Waals surface area contributed by atoms with E-state index in [1.54, 1.807) is 11.8 Å². The second kappa shape index (κ2) is 8.06. The minimum atomic E-state index is -0.0363. The van der Waals surface area contributed by atoms with Gasteiger partial charge < -0.3 is 10.2 Å². The van der Waals surface area contributed by atoms with Gasteiger partial charge in [-0.2, -0.15) is 0 Å². The number of carbonyl (C=O) groups excluding carboxylic acids is 1. The van der Waals surface area contributed by atoms with E-state index < -0.39 is 0 Å². The van der Waals surface area contributed by atoms with E-state index in [0.29, 0.717) is 6.04 Å². The van der Waals surface area contributed by atoms with Gasteiger partial charge in [-0.15, -0.1) is 11.8 Å². The number of nitrogens with zero attached hydrogens (tertiary/aromatic N) is 1. The number of likely N-dealkylation sites (tertiary alicyclic amines) is 1. The van der Waals surface area contributed by atoms with Crippen molar-refractivity contribution >= 4 is 29.3 Å². The third-order valence-electron chi connectivity index (χ3n) is 3.82. The predicted octanol–water partition coefficient (Wildman–Crippen LogP) is 3.42. The van der Waals surface area contributed by atoms with Crippen molar-refractivity contribution in [3.63, 3.8) is 0 Å². The number of carbonyl (C=O) groups is 1. The number of rotatable bonds is 5. The molecule has 1 aliphatic heterocycles. The molecule has 5 heteroatoms. The number of nitrogens with one attached hydrogen (secondary N) is 1. The Hall–Kier alpha value is -0.710. The minimum absolute atomic E-state index is 0.0363. The molecule has 0 unspecified atom stereocenters. The van der Waals surface area contributed by atoms with Gasteiger partial charge in [0.15, 0.2) is 0 Å². The third kappa shape index (κ3) is 5.20. The molecule has 2 rings (SSSR count). The molecule has 0 aliphatic carbocycles. The van der Waals surface area contributed by atoms with Crippen molar-refractivity contribution in [3.8, 4) is 0 Å². The first-order chi connectivity index (χ1) is 10.1. The summed E-state index contributed by atoms with van der Waals surface area (Å²) in [5, 5.41) is 3.90. The van der Waals surface area contributed by atoms with Gasteiger partial charge in [0.2, 0.25) is 5.91 Å². The van der Waals surface area contributed by atoms with Gasteiger partial charge in [-0.05, 0) is 63.7 Å². The van der Waals surface area contributed by atoms with E-state index in [1.807, 2.05) is 24.3 Å². The first-order valence-electron chi connectivity index (χ1n) is 7.49. The summed E-state index contributed by atoms with van der Waals surface area (Å²) in [7, 11) is 2.13. The highest BCUT2D eigenvalue weighted by molar-refractivity contribution is 8.00. The molecular formula is C16H23ClN2OS. The van der Waals surface area contributed by atoms with Crippen LogP contribution in [-0.4, -0.2) is 42.2 Å². The SMILES string of the molecule is CC[C@H](Sc1ccc(Cl)cc1)C(=O)NC1CCN(C)CC1. The van der Waals surface area contributed by atoms with Gasteiger partial charge in [-0.1, -0.05) is 18.5 Å². The van der Waals surface area contributed by atoms with E-state index in [2.05, 4.69) is 24.2 Å². The molecule has 1 fully saturated rings. The Labute approximate surface area is 136 Å². The molecule has 1 amide bonds. The zero-order chi connectivity index (χ0) is 15.2. The van der Waals surface area contributed by atoms with Gasteiger partial charge in [0.25, 0.3) is 0 Å². The topological polar surface area (TPSA) is 32.3 Å². The molecule has 1 aliphatic rings. The zero-order valence-corrected chi connectivity index (χ0v) is 14.2. The Morgan fingerprint density at radius 3 is 2.57 bits per heavy atom. The number of hydrogen-bond donors (Lipinski definition) is 1. The molecule has 0 bridgehead atoms. The van der Waals surface area contributed by atoms with Crippen molar-refractivity contribution < 1.29 is 4.79 Å². The second-order valence-corrected chi connectivity index (χ2v) is 7.27. The third-order valence-corrected chi connectivity index (χ3v) is 5.45. The van der Waals surface area contributed by atoms with Crippen LogP contribution >= 0.6 is 23.4 Å². The van der Waals surface area contributed by atoms with Crippen LogP contribution in [0.2, 0.25) is 5.02 Å². The lowest BCUT2D eigenvalue weighted by Gasteiger charge is -2.30. The Kier molecular flexibility index (Phi) is 6.40. The molecule has 1 N–H and O–H groups in total. The fourth-order valence-corrected chi connectivity index (χ4v) is 3.54. The van der Waals surface area contributed by atoms with Gasteiger partial charge in [-0.3, -0.25) is 4.79 Å². The molecule has 1 saturated heterocycles. The molecular weight excluding hydrogens is 304 g/mol. The molecule has 1 atom stereocenters. The number of hydrogen-bond acceptors (Lipinski definition) is 3. The van der Waals surface area contributed by atoms with Crippen LogP contribution in [0.25, 0.3) is 0 Å². The van der Waals surface area contributed by atoms with Crippen LogP contribution in [0.1, 0.15) is 26.2 Å². The summed E-state index contributed by atoms with van der Waals surface area (Å²) in [6.45, 7) is 4.18. The summed E-state index contributed by atoms with van der Waals surface area (Å²) in [6.07, 6.45) is 2.92. The summed E-state index contributed by atoms with van der Waals surface area (Å²) in [5.74, 6) is 0.159. The van der Waals surface area contributed by atoms with Gasteiger partial charge in [-0.25, -0.2) is 0 Å². The van der Waals surface area contributed by atoms with E-state index in [-0.39, 0.29) is 11.2 Å². The van der Waals surface area contributed by atoms with Crippen LogP contribution in [-0.2, 0) is 4.79 Å². The van der Waals surface area contributed by atoms with Crippen molar-refractivity contribution in [2.45, 2.75) is 42.4 Å². The van der Waals surface area contributed by atoms with Gasteiger partial charge in [0.05, 0.1) is 5.25 Å². The predicted molar refractivity (Wildman–Crippen MR) is 90.0 cm³/mol. The van der Waals surface area contributed by atoms with Crippen LogP contribution in [0.3, 0.4) is 0 Å². The maximum absolute atomic E-state index is 12.4. The Morgan fingerprint density at radius 1 is 1.38 bits per heavy atom. The summed E-state index contributed by atoms with van der Waals surface area (Å²) in [6, 6.07) is 8.00. The number of benzene rings is 1. The average molecular weight is 327 g/mol. The quantitative estimate of drug-likeness (QED) is 0.841. The summed E-state index contributed by atoms with van der Waals surface area (Å²) >= 11 is 7.51. The molecule has 116 valence electrons. The highest BCUT2D eigenvalue weighted by Gasteiger charge is 2.23. The van der Waals surface area contributed by atoms with Crippen LogP contribution in [0.15, 0.2) is 29.2 Å². The number of piperidine rings is 1. The van der Waals surface area contributed by atoms with Crippen LogP contribution < -0.4 is 5.32 Å². The number of thioether (sulfide) groups is 1. The molecule has 0 aromatic heterocycles. The van der Waals surface area contributed by atoms with Gasteiger partial charge >= 0.3 is 0 Å².